The van der Waals surface area contributed by atoms with Crippen LogP contribution in [-0.2, 0) is 6.42 Å². The van der Waals surface area contributed by atoms with Crippen LogP contribution in [0.4, 0.5) is 5.82 Å². The molecule has 2 atom stereocenters. The molecule has 0 bridgehead atoms. The quantitative estimate of drug-likeness (QED) is 0.891. The van der Waals surface area contributed by atoms with Gasteiger partial charge in [-0.25, -0.2) is 4.98 Å². The van der Waals surface area contributed by atoms with Crippen LogP contribution < -0.4 is 10.1 Å². The highest BCUT2D eigenvalue weighted by Gasteiger charge is 2.23. The molecule has 0 aliphatic heterocycles. The summed E-state index contributed by atoms with van der Waals surface area (Å²) in [5.74, 6) is 3.00. The summed E-state index contributed by atoms with van der Waals surface area (Å²) in [7, 11) is 1.87. The number of nitrogens with zero attached hydrogens (tertiary/aromatic N) is 2. The van der Waals surface area contributed by atoms with Crippen molar-refractivity contribution >= 4 is 5.82 Å². The van der Waals surface area contributed by atoms with Gasteiger partial charge < -0.3 is 10.1 Å². The highest BCUT2D eigenvalue weighted by molar-refractivity contribution is 5.37. The van der Waals surface area contributed by atoms with Crippen LogP contribution >= 0.6 is 0 Å². The number of aryl methyl sites for hydroxylation is 1. The Morgan fingerprint density at radius 3 is 2.78 bits per heavy atom. The normalized spacial score (nSPS) is 23.7. The summed E-state index contributed by atoms with van der Waals surface area (Å²) in [4.78, 5) is 8.84. The van der Waals surface area contributed by atoms with Crippen LogP contribution in [0.5, 0.6) is 5.88 Å². The fourth-order valence-electron chi connectivity index (χ4n) is 2.43. The summed E-state index contributed by atoms with van der Waals surface area (Å²) in [6.07, 6.45) is 6.12. The molecule has 1 heterocycles. The van der Waals surface area contributed by atoms with Gasteiger partial charge in [0.2, 0.25) is 5.88 Å². The van der Waals surface area contributed by atoms with Crippen LogP contribution in [-0.4, -0.2) is 23.1 Å². The van der Waals surface area contributed by atoms with Crippen LogP contribution in [0.1, 0.15) is 45.4 Å². The summed E-state index contributed by atoms with van der Waals surface area (Å²) in [5, 5.41) is 3.06. The highest BCUT2D eigenvalue weighted by Crippen LogP contribution is 2.28. The Kier molecular flexibility index (Phi) is 4.39. The predicted molar refractivity (Wildman–Crippen MR) is 73.0 cm³/mol. The maximum absolute atomic E-state index is 6.06. The fraction of sp³-hybridized carbons (Fsp3) is 0.714. The Labute approximate surface area is 109 Å². The summed E-state index contributed by atoms with van der Waals surface area (Å²) in [6, 6.07) is 1.89. The van der Waals surface area contributed by atoms with E-state index in [1.165, 1.54) is 19.3 Å². The van der Waals surface area contributed by atoms with Gasteiger partial charge in [-0.2, -0.15) is 4.98 Å². The summed E-state index contributed by atoms with van der Waals surface area (Å²) >= 11 is 0. The van der Waals surface area contributed by atoms with Crippen molar-refractivity contribution in [3.63, 3.8) is 0 Å². The Bertz CT molecular complexity index is 372. The maximum atomic E-state index is 6.06. The second kappa shape index (κ2) is 6.03. The molecule has 100 valence electrons. The SMILES string of the molecule is CCc1nc(NC)cc(OC2CCCCC2C)n1. The maximum Gasteiger partial charge on any atom is 0.219 e. The zero-order chi connectivity index (χ0) is 13.0. The Morgan fingerprint density at radius 1 is 1.33 bits per heavy atom. The van der Waals surface area contributed by atoms with E-state index < -0.39 is 0 Å². The largest absolute Gasteiger partial charge is 0.474 e. The third-order valence-corrected chi connectivity index (χ3v) is 3.63. The number of hydrogen-bond acceptors (Lipinski definition) is 4. The first-order chi connectivity index (χ1) is 8.72. The van der Waals surface area contributed by atoms with Crippen molar-refractivity contribution in [1.29, 1.82) is 0 Å². The monoisotopic (exact) mass is 249 g/mol. The van der Waals surface area contributed by atoms with E-state index in [-0.39, 0.29) is 0 Å². The van der Waals surface area contributed by atoms with Crippen molar-refractivity contribution in [3.8, 4) is 5.88 Å². The van der Waals surface area contributed by atoms with Crippen LogP contribution in [0, 0.1) is 5.92 Å². The van der Waals surface area contributed by atoms with Crippen molar-refractivity contribution in [2.24, 2.45) is 5.92 Å². The number of ether oxygens (including phenoxy) is 1. The molecule has 0 saturated heterocycles. The first-order valence-corrected chi connectivity index (χ1v) is 6.95. The molecule has 0 radical (unpaired) electrons. The minimum absolute atomic E-state index is 0.308. The van der Waals surface area contributed by atoms with Crippen LogP contribution in [0.2, 0.25) is 0 Å². The number of anilines is 1. The first-order valence-electron chi connectivity index (χ1n) is 6.95. The molecule has 2 rings (SSSR count). The van der Waals surface area contributed by atoms with Gasteiger partial charge in [-0.3, -0.25) is 0 Å². The van der Waals surface area contributed by atoms with Crippen molar-refractivity contribution in [1.82, 2.24) is 9.97 Å². The highest BCUT2D eigenvalue weighted by atomic mass is 16.5. The molecule has 0 aromatic carbocycles. The molecular formula is C14H23N3O. The van der Waals surface area contributed by atoms with Crippen LogP contribution in [0.15, 0.2) is 6.07 Å². The van der Waals surface area contributed by atoms with E-state index in [0.717, 1.165) is 24.5 Å². The summed E-state index contributed by atoms with van der Waals surface area (Å²) in [5.41, 5.74) is 0. The van der Waals surface area contributed by atoms with Gasteiger partial charge in [-0.05, 0) is 25.2 Å². The predicted octanol–water partition coefficient (Wildman–Crippen LogP) is 3.04. The molecule has 4 nitrogen and oxygen atoms in total. The van der Waals surface area contributed by atoms with Gasteiger partial charge in [0.25, 0.3) is 0 Å². The lowest BCUT2D eigenvalue weighted by Gasteiger charge is -2.28. The zero-order valence-corrected chi connectivity index (χ0v) is 11.6. The second-order valence-corrected chi connectivity index (χ2v) is 5.03. The molecule has 1 fully saturated rings. The smallest absolute Gasteiger partial charge is 0.219 e. The van der Waals surface area contributed by atoms with E-state index in [2.05, 4.69) is 29.1 Å². The van der Waals surface area contributed by atoms with Gasteiger partial charge >= 0.3 is 0 Å². The number of rotatable bonds is 4. The first kappa shape index (κ1) is 13.1. The van der Waals surface area contributed by atoms with Gasteiger partial charge in [-0.1, -0.05) is 20.3 Å². The molecule has 0 spiro atoms. The molecular weight excluding hydrogens is 226 g/mol. The van der Waals surface area contributed by atoms with Gasteiger partial charge in [0.15, 0.2) is 0 Å². The third-order valence-electron chi connectivity index (χ3n) is 3.63. The van der Waals surface area contributed by atoms with Crippen molar-refractivity contribution in [2.75, 3.05) is 12.4 Å². The molecule has 1 aromatic rings. The van der Waals surface area contributed by atoms with E-state index in [4.69, 9.17) is 4.74 Å². The minimum atomic E-state index is 0.308. The van der Waals surface area contributed by atoms with Gasteiger partial charge in [0, 0.05) is 19.5 Å². The lowest BCUT2D eigenvalue weighted by atomic mass is 9.88. The lowest BCUT2D eigenvalue weighted by molar-refractivity contribution is 0.0972. The van der Waals surface area contributed by atoms with E-state index >= 15 is 0 Å². The van der Waals surface area contributed by atoms with Crippen molar-refractivity contribution in [2.45, 2.75) is 52.1 Å². The molecule has 2 unspecified atom stereocenters. The van der Waals surface area contributed by atoms with Crippen molar-refractivity contribution in [3.05, 3.63) is 11.9 Å². The average molecular weight is 249 g/mol. The Balaban J connectivity index is 2.12. The standard InChI is InChI=1S/C14H23N3O/c1-4-12-16-13(15-3)9-14(17-12)18-11-8-6-5-7-10(11)2/h9-11H,4-8H2,1-3H3,(H,15,16,17). The summed E-state index contributed by atoms with van der Waals surface area (Å²) in [6.45, 7) is 4.33. The molecule has 4 heteroatoms. The molecule has 0 amide bonds. The number of nitrogens with one attached hydrogen (secondary N) is 1. The van der Waals surface area contributed by atoms with Gasteiger partial charge in [-0.15, -0.1) is 0 Å². The molecule has 1 aliphatic rings. The third kappa shape index (κ3) is 3.12. The second-order valence-electron chi connectivity index (χ2n) is 5.03. The Morgan fingerprint density at radius 2 is 2.11 bits per heavy atom. The van der Waals surface area contributed by atoms with Gasteiger partial charge in [0.1, 0.15) is 17.7 Å². The molecule has 18 heavy (non-hydrogen) atoms. The molecule has 1 aromatic heterocycles. The van der Waals surface area contributed by atoms with E-state index in [1.54, 1.807) is 0 Å². The minimum Gasteiger partial charge on any atom is -0.474 e. The fourth-order valence-corrected chi connectivity index (χ4v) is 2.43. The molecule has 1 N–H and O–H groups in total. The van der Waals surface area contributed by atoms with Crippen molar-refractivity contribution < 1.29 is 4.74 Å². The van der Waals surface area contributed by atoms with E-state index in [0.29, 0.717) is 17.9 Å². The van der Waals surface area contributed by atoms with Crippen LogP contribution in [0.3, 0.4) is 0 Å². The molecule has 1 aliphatic carbocycles. The molecule has 1 saturated carbocycles. The number of aromatic nitrogens is 2. The number of hydrogen-bond donors (Lipinski definition) is 1. The Hall–Kier alpha value is -1.32. The summed E-state index contributed by atoms with van der Waals surface area (Å²) < 4.78 is 6.06. The van der Waals surface area contributed by atoms with E-state index in [1.807, 2.05) is 13.1 Å². The zero-order valence-electron chi connectivity index (χ0n) is 11.6. The average Bonchev–Trinajstić information content (AvgIpc) is 2.41. The van der Waals surface area contributed by atoms with Gasteiger partial charge in [0.05, 0.1) is 0 Å². The topological polar surface area (TPSA) is 47.0 Å². The van der Waals surface area contributed by atoms with Crippen LogP contribution in [0.25, 0.3) is 0 Å². The lowest BCUT2D eigenvalue weighted by Crippen LogP contribution is -2.28. The van der Waals surface area contributed by atoms with E-state index in [9.17, 15) is 0 Å².